The van der Waals surface area contributed by atoms with E-state index >= 15 is 0 Å². The highest BCUT2D eigenvalue weighted by atomic mass is 127. The van der Waals surface area contributed by atoms with Crippen LogP contribution < -0.4 is 4.74 Å². The molecule has 0 saturated heterocycles. The van der Waals surface area contributed by atoms with Crippen LogP contribution in [0.3, 0.4) is 0 Å². The van der Waals surface area contributed by atoms with Gasteiger partial charge in [-0.2, -0.15) is 0 Å². The Morgan fingerprint density at radius 3 is 2.50 bits per heavy atom. The molecule has 0 bridgehead atoms. The van der Waals surface area contributed by atoms with Crippen molar-refractivity contribution in [2.75, 3.05) is 13.2 Å². The second kappa shape index (κ2) is 6.24. The smallest absolute Gasteiger partial charge is 0.119 e. The van der Waals surface area contributed by atoms with E-state index in [0.29, 0.717) is 12.6 Å². The van der Waals surface area contributed by atoms with Crippen LogP contribution in [0.5, 0.6) is 5.75 Å². The molecule has 0 atom stereocenters. The number of benzene rings is 1. The van der Waals surface area contributed by atoms with Crippen LogP contribution >= 0.6 is 22.6 Å². The summed E-state index contributed by atoms with van der Waals surface area (Å²) in [6, 6.07) is 8.44. The summed E-state index contributed by atoms with van der Waals surface area (Å²) in [6.07, 6.45) is 0. The first-order valence-electron chi connectivity index (χ1n) is 4.73. The minimum atomic E-state index is 0.398. The quantitative estimate of drug-likeness (QED) is 0.603. The summed E-state index contributed by atoms with van der Waals surface area (Å²) in [4.78, 5) is 0. The number of hydrogen-bond acceptors (Lipinski definition) is 1. The highest BCUT2D eigenvalue weighted by molar-refractivity contribution is 14.1. The Morgan fingerprint density at radius 2 is 1.93 bits per heavy atom. The van der Waals surface area contributed by atoms with E-state index in [1.807, 2.05) is 24.3 Å². The largest absolute Gasteiger partial charge is 0.657 e. The molecule has 0 fully saturated rings. The molecule has 0 N–H and O–H groups in total. The summed E-state index contributed by atoms with van der Waals surface area (Å²) in [5.74, 6) is 0.921. The molecule has 0 amide bonds. The lowest BCUT2D eigenvalue weighted by molar-refractivity contribution is 0.333. The van der Waals surface area contributed by atoms with Gasteiger partial charge in [0.1, 0.15) is 5.75 Å². The third kappa shape index (κ3) is 4.81. The van der Waals surface area contributed by atoms with E-state index in [2.05, 4.69) is 41.8 Å². The lowest BCUT2D eigenvalue weighted by Gasteiger charge is -2.23. The van der Waals surface area contributed by atoms with Gasteiger partial charge in [-0.3, -0.25) is 0 Å². The maximum Gasteiger partial charge on any atom is 0.119 e. The monoisotopic (exact) mass is 304 g/mol. The molecule has 1 aromatic carbocycles. The van der Waals surface area contributed by atoms with E-state index in [1.54, 1.807) is 0 Å². The molecule has 78 valence electrons. The zero-order chi connectivity index (χ0) is 10.4. The van der Waals surface area contributed by atoms with Gasteiger partial charge in [-0.15, -0.1) is 12.6 Å². The first kappa shape index (κ1) is 11.8. The van der Waals surface area contributed by atoms with E-state index in [1.165, 1.54) is 3.57 Å². The predicted octanol–water partition coefficient (Wildman–Crippen LogP) is 3.45. The molecule has 0 aliphatic carbocycles. The molecule has 1 aromatic rings. The summed E-state index contributed by atoms with van der Waals surface area (Å²) in [5.41, 5.74) is 0. The fraction of sp³-hybridized carbons (Fsp3) is 0.455. The molecular weight excluding hydrogens is 289 g/mol. The van der Waals surface area contributed by atoms with E-state index in [4.69, 9.17) is 4.74 Å². The maximum absolute atomic E-state index is 5.51. The summed E-state index contributed by atoms with van der Waals surface area (Å²) in [6.45, 7) is 5.58. The Labute approximate surface area is 99.2 Å². The van der Waals surface area contributed by atoms with Crippen LogP contribution in [0.1, 0.15) is 13.8 Å². The van der Waals surface area contributed by atoms with Gasteiger partial charge in [-0.1, -0.05) is 13.8 Å². The molecule has 14 heavy (non-hydrogen) atoms. The van der Waals surface area contributed by atoms with Gasteiger partial charge in [0, 0.05) is 3.57 Å². The highest BCUT2D eigenvalue weighted by Gasteiger charge is 1.90. The SMILES string of the molecule is CC(C)[N-]CCOc1ccc(I)cc1. The molecule has 0 aliphatic heterocycles. The molecule has 2 nitrogen and oxygen atoms in total. The van der Waals surface area contributed by atoms with Crippen LogP contribution in [0.4, 0.5) is 0 Å². The second-order valence-corrected chi connectivity index (χ2v) is 4.55. The summed E-state index contributed by atoms with van der Waals surface area (Å²) < 4.78 is 6.74. The summed E-state index contributed by atoms with van der Waals surface area (Å²) in [5, 5.41) is 4.33. The molecule has 0 aromatic heterocycles. The molecule has 0 saturated carbocycles. The first-order chi connectivity index (χ1) is 6.68. The topological polar surface area (TPSA) is 23.3 Å². The van der Waals surface area contributed by atoms with Crippen LogP contribution in [0.15, 0.2) is 24.3 Å². The fourth-order valence-corrected chi connectivity index (χ4v) is 1.36. The molecular formula is C11H15INO-. The van der Waals surface area contributed by atoms with E-state index in [0.717, 1.165) is 12.3 Å². The molecule has 0 spiro atoms. The van der Waals surface area contributed by atoms with Crippen molar-refractivity contribution in [1.82, 2.24) is 0 Å². The van der Waals surface area contributed by atoms with Gasteiger partial charge in [0.15, 0.2) is 0 Å². The normalized spacial score (nSPS) is 10.6. The van der Waals surface area contributed by atoms with Gasteiger partial charge < -0.3 is 10.1 Å². The maximum atomic E-state index is 5.51. The van der Waals surface area contributed by atoms with Crippen molar-refractivity contribution >= 4 is 22.6 Å². The van der Waals surface area contributed by atoms with Crippen LogP contribution in [0, 0.1) is 3.57 Å². The zero-order valence-electron chi connectivity index (χ0n) is 8.53. The minimum Gasteiger partial charge on any atom is -0.657 e. The molecule has 0 radical (unpaired) electrons. The molecule has 0 heterocycles. The Kier molecular flexibility index (Phi) is 5.25. The van der Waals surface area contributed by atoms with E-state index in [9.17, 15) is 0 Å². The standard InChI is InChI=1S/C11H15INO/c1-9(2)13-7-8-14-11-5-3-10(12)4-6-11/h3-6,9H,7-8H2,1-2H3/q-1. The number of halogens is 1. The summed E-state index contributed by atoms with van der Waals surface area (Å²) in [7, 11) is 0. The van der Waals surface area contributed by atoms with Crippen molar-refractivity contribution in [2.24, 2.45) is 0 Å². The first-order valence-corrected chi connectivity index (χ1v) is 5.81. The number of ether oxygens (including phenoxy) is 1. The number of hydrogen-bond donors (Lipinski definition) is 0. The van der Waals surface area contributed by atoms with E-state index < -0.39 is 0 Å². The average molecular weight is 304 g/mol. The van der Waals surface area contributed by atoms with E-state index in [-0.39, 0.29) is 0 Å². The number of rotatable bonds is 5. The molecule has 0 aliphatic rings. The van der Waals surface area contributed by atoms with Crippen LogP contribution in [-0.4, -0.2) is 19.2 Å². The Hall–Kier alpha value is -0.290. The van der Waals surface area contributed by atoms with Crippen LogP contribution in [-0.2, 0) is 0 Å². The third-order valence-corrected chi connectivity index (χ3v) is 2.39. The van der Waals surface area contributed by atoms with Crippen LogP contribution in [0.2, 0.25) is 0 Å². The Balaban J connectivity index is 2.21. The van der Waals surface area contributed by atoms with Gasteiger partial charge in [-0.05, 0) is 46.9 Å². The predicted molar refractivity (Wildman–Crippen MR) is 68.0 cm³/mol. The van der Waals surface area contributed by atoms with Gasteiger partial charge in [-0.25, -0.2) is 0 Å². The van der Waals surface area contributed by atoms with Crippen molar-refractivity contribution in [1.29, 1.82) is 0 Å². The Bertz CT molecular complexity index is 258. The fourth-order valence-electron chi connectivity index (χ4n) is 1.01. The van der Waals surface area contributed by atoms with Gasteiger partial charge in [0.25, 0.3) is 0 Å². The van der Waals surface area contributed by atoms with Crippen LogP contribution in [0.25, 0.3) is 5.32 Å². The summed E-state index contributed by atoms with van der Waals surface area (Å²) >= 11 is 2.28. The number of nitrogens with zero attached hydrogens (tertiary/aromatic N) is 1. The third-order valence-electron chi connectivity index (χ3n) is 1.67. The van der Waals surface area contributed by atoms with Gasteiger partial charge in [0.2, 0.25) is 0 Å². The second-order valence-electron chi connectivity index (χ2n) is 3.30. The van der Waals surface area contributed by atoms with Gasteiger partial charge in [0.05, 0.1) is 6.61 Å². The lowest BCUT2D eigenvalue weighted by Crippen LogP contribution is -2.05. The molecule has 3 heteroatoms. The van der Waals surface area contributed by atoms with Crippen molar-refractivity contribution in [3.8, 4) is 5.75 Å². The average Bonchev–Trinajstić information content (AvgIpc) is 2.15. The molecule has 0 unspecified atom stereocenters. The highest BCUT2D eigenvalue weighted by Crippen LogP contribution is 2.13. The molecule has 1 rings (SSSR count). The van der Waals surface area contributed by atoms with Crippen molar-refractivity contribution < 1.29 is 4.74 Å². The van der Waals surface area contributed by atoms with Crippen molar-refractivity contribution in [3.05, 3.63) is 33.2 Å². The zero-order valence-corrected chi connectivity index (χ0v) is 10.7. The Morgan fingerprint density at radius 1 is 1.29 bits per heavy atom. The van der Waals surface area contributed by atoms with Crippen molar-refractivity contribution in [2.45, 2.75) is 19.9 Å². The van der Waals surface area contributed by atoms with Gasteiger partial charge >= 0.3 is 0 Å². The minimum absolute atomic E-state index is 0.398. The lowest BCUT2D eigenvalue weighted by atomic mass is 10.3. The van der Waals surface area contributed by atoms with Crippen molar-refractivity contribution in [3.63, 3.8) is 0 Å².